The highest BCUT2D eigenvalue weighted by Gasteiger charge is 2.59. The van der Waals surface area contributed by atoms with Gasteiger partial charge in [0.05, 0.1) is 28.5 Å². The average molecular weight is 377 g/mol. The Morgan fingerprint density at radius 2 is 1.71 bits per heavy atom. The first kappa shape index (κ1) is 17.4. The fourth-order valence-electron chi connectivity index (χ4n) is 8.07. The highest BCUT2D eigenvalue weighted by molar-refractivity contribution is 5.74. The first-order valence-electron chi connectivity index (χ1n) is 11.4. The maximum atomic E-state index is 10.2. The van der Waals surface area contributed by atoms with Crippen molar-refractivity contribution in [3.63, 3.8) is 0 Å². The second-order valence-corrected chi connectivity index (χ2v) is 10.8. The molecule has 3 saturated carbocycles. The number of aliphatic hydroxyl groups is 1. The molecule has 7 atom stereocenters. The van der Waals surface area contributed by atoms with Crippen molar-refractivity contribution < 1.29 is 5.11 Å². The third kappa shape index (κ3) is 2.20. The largest absolute Gasteiger partial charge is 0.393 e. The van der Waals surface area contributed by atoms with Crippen molar-refractivity contribution in [1.82, 2.24) is 9.97 Å². The van der Waals surface area contributed by atoms with Crippen molar-refractivity contribution in [3.8, 4) is 0 Å². The Hall–Kier alpha value is -1.48. The van der Waals surface area contributed by atoms with Gasteiger partial charge in [0.1, 0.15) is 0 Å². The molecule has 0 amide bonds. The number of para-hydroxylation sites is 2. The lowest BCUT2D eigenvalue weighted by Crippen LogP contribution is -2.54. The van der Waals surface area contributed by atoms with E-state index in [0.29, 0.717) is 11.3 Å². The van der Waals surface area contributed by atoms with Crippen LogP contribution >= 0.6 is 0 Å². The van der Waals surface area contributed by atoms with Crippen LogP contribution in [-0.4, -0.2) is 21.2 Å². The summed E-state index contributed by atoms with van der Waals surface area (Å²) in [5, 5.41) is 10.2. The number of nitrogens with zero attached hydrogens (tertiary/aromatic N) is 2. The standard InChI is InChI=1S/C25H32N2O/c1-24-11-9-16(28)13-15(24)7-8-17-18(24)10-12-25(2)19(17)14-22-23(25)27-21-6-4-3-5-20(21)26-22/h3-6,15-19,28H,7-14H2,1-2H3/t15-,16?,17?,18?,19-,24-,25-/m0/s1. The molecule has 0 bridgehead atoms. The topological polar surface area (TPSA) is 46.0 Å². The fraction of sp³-hybridized carbons (Fsp3) is 0.680. The highest BCUT2D eigenvalue weighted by Crippen LogP contribution is 2.65. The molecule has 4 aliphatic rings. The van der Waals surface area contributed by atoms with Crippen LogP contribution in [0.5, 0.6) is 0 Å². The van der Waals surface area contributed by atoms with Crippen LogP contribution in [0.3, 0.4) is 0 Å². The minimum atomic E-state index is -0.0555. The lowest BCUT2D eigenvalue weighted by molar-refractivity contribution is -0.111. The van der Waals surface area contributed by atoms with Crippen LogP contribution in [0, 0.1) is 29.1 Å². The van der Waals surface area contributed by atoms with Gasteiger partial charge in [-0.05, 0) is 92.6 Å². The second kappa shape index (κ2) is 5.78. The van der Waals surface area contributed by atoms with Crippen molar-refractivity contribution in [1.29, 1.82) is 0 Å². The van der Waals surface area contributed by atoms with Gasteiger partial charge in [-0.2, -0.15) is 0 Å². The van der Waals surface area contributed by atoms with E-state index in [2.05, 4.69) is 38.1 Å². The lowest BCUT2D eigenvalue weighted by atomic mass is 9.45. The summed E-state index contributed by atoms with van der Waals surface area (Å²) in [6.07, 6.45) is 9.55. The Morgan fingerprint density at radius 3 is 2.54 bits per heavy atom. The van der Waals surface area contributed by atoms with Gasteiger partial charge >= 0.3 is 0 Å². The maximum Gasteiger partial charge on any atom is 0.0890 e. The summed E-state index contributed by atoms with van der Waals surface area (Å²) in [4.78, 5) is 10.2. The Balaban J connectivity index is 1.39. The van der Waals surface area contributed by atoms with Gasteiger partial charge < -0.3 is 5.11 Å². The van der Waals surface area contributed by atoms with Gasteiger partial charge in [0.15, 0.2) is 0 Å². The van der Waals surface area contributed by atoms with Crippen molar-refractivity contribution in [2.24, 2.45) is 29.1 Å². The smallest absolute Gasteiger partial charge is 0.0890 e. The first-order valence-corrected chi connectivity index (χ1v) is 11.4. The molecule has 1 aromatic carbocycles. The minimum absolute atomic E-state index is 0.0555. The zero-order valence-electron chi connectivity index (χ0n) is 17.2. The molecule has 3 nitrogen and oxygen atoms in total. The van der Waals surface area contributed by atoms with Gasteiger partial charge in [0.2, 0.25) is 0 Å². The van der Waals surface area contributed by atoms with Crippen LogP contribution in [0.4, 0.5) is 0 Å². The number of aromatic nitrogens is 2. The number of rotatable bonds is 0. The Kier molecular flexibility index (Phi) is 3.59. The van der Waals surface area contributed by atoms with Crippen molar-refractivity contribution in [3.05, 3.63) is 35.7 Å². The lowest BCUT2D eigenvalue weighted by Gasteiger charge is -2.60. The van der Waals surface area contributed by atoms with E-state index < -0.39 is 0 Å². The molecule has 1 N–H and O–H groups in total. The molecule has 6 rings (SSSR count). The molecular formula is C25H32N2O. The summed E-state index contributed by atoms with van der Waals surface area (Å²) < 4.78 is 0. The number of fused-ring (bicyclic) bond motifs is 8. The van der Waals surface area contributed by atoms with Crippen LogP contribution in [0.1, 0.15) is 70.2 Å². The van der Waals surface area contributed by atoms with Gasteiger partial charge in [0, 0.05) is 5.41 Å². The van der Waals surface area contributed by atoms with Gasteiger partial charge in [-0.25, -0.2) is 9.97 Å². The van der Waals surface area contributed by atoms with E-state index >= 15 is 0 Å². The zero-order valence-corrected chi connectivity index (χ0v) is 17.2. The molecule has 3 unspecified atom stereocenters. The quantitative estimate of drug-likeness (QED) is 0.700. The van der Waals surface area contributed by atoms with E-state index in [1.165, 1.54) is 43.5 Å². The monoisotopic (exact) mass is 376 g/mol. The molecule has 1 heterocycles. The molecule has 0 aliphatic heterocycles. The number of hydrogen-bond acceptors (Lipinski definition) is 3. The predicted molar refractivity (Wildman–Crippen MR) is 111 cm³/mol. The van der Waals surface area contributed by atoms with E-state index in [4.69, 9.17) is 9.97 Å². The summed E-state index contributed by atoms with van der Waals surface area (Å²) in [7, 11) is 0. The van der Waals surface area contributed by atoms with Crippen LogP contribution < -0.4 is 0 Å². The Labute approximate surface area is 168 Å². The van der Waals surface area contributed by atoms with E-state index in [1.54, 1.807) is 0 Å². The maximum absolute atomic E-state index is 10.2. The molecule has 3 heteroatoms. The third-order valence-electron chi connectivity index (χ3n) is 9.62. The predicted octanol–water partition coefficient (Wildman–Crippen LogP) is 5.05. The molecule has 2 aromatic rings. The first-order chi connectivity index (χ1) is 13.5. The van der Waals surface area contributed by atoms with Crippen LogP contribution in [0.15, 0.2) is 24.3 Å². The van der Waals surface area contributed by atoms with E-state index in [-0.39, 0.29) is 11.5 Å². The zero-order chi connectivity index (χ0) is 19.1. The van der Waals surface area contributed by atoms with Crippen molar-refractivity contribution in [2.75, 3.05) is 0 Å². The second-order valence-electron chi connectivity index (χ2n) is 10.8. The van der Waals surface area contributed by atoms with Gasteiger partial charge in [-0.1, -0.05) is 26.0 Å². The number of benzene rings is 1. The molecule has 0 radical (unpaired) electrons. The summed E-state index contributed by atoms with van der Waals surface area (Å²) in [6.45, 7) is 5.05. The van der Waals surface area contributed by atoms with E-state index in [0.717, 1.165) is 48.0 Å². The van der Waals surface area contributed by atoms with E-state index in [1.807, 2.05) is 0 Å². The summed E-state index contributed by atoms with van der Waals surface area (Å²) in [6, 6.07) is 8.37. The molecular weight excluding hydrogens is 344 g/mol. The molecule has 3 fully saturated rings. The average Bonchev–Trinajstić information content (AvgIpc) is 2.99. The Morgan fingerprint density at radius 1 is 0.929 bits per heavy atom. The summed E-state index contributed by atoms with van der Waals surface area (Å²) in [5.74, 6) is 3.04. The molecule has 28 heavy (non-hydrogen) atoms. The summed E-state index contributed by atoms with van der Waals surface area (Å²) in [5.41, 5.74) is 5.33. The number of hydrogen-bond donors (Lipinski definition) is 1. The molecule has 4 aliphatic carbocycles. The summed E-state index contributed by atoms with van der Waals surface area (Å²) >= 11 is 0. The SMILES string of the molecule is C[C@]12CCC3C(CC[C@H]4CC(O)CC[C@]34C)[C@@H]1Cc1nc3ccccc3nc12. The molecule has 0 saturated heterocycles. The van der Waals surface area contributed by atoms with Gasteiger partial charge in [-0.3, -0.25) is 0 Å². The van der Waals surface area contributed by atoms with Crippen molar-refractivity contribution >= 4 is 11.0 Å². The van der Waals surface area contributed by atoms with Crippen LogP contribution in [0.2, 0.25) is 0 Å². The molecule has 1 aromatic heterocycles. The van der Waals surface area contributed by atoms with E-state index in [9.17, 15) is 5.11 Å². The van der Waals surface area contributed by atoms with Crippen LogP contribution in [0.25, 0.3) is 11.0 Å². The molecule has 148 valence electrons. The fourth-order valence-corrected chi connectivity index (χ4v) is 8.07. The minimum Gasteiger partial charge on any atom is -0.393 e. The highest BCUT2D eigenvalue weighted by atomic mass is 16.3. The van der Waals surface area contributed by atoms with Crippen molar-refractivity contribution in [2.45, 2.75) is 76.7 Å². The third-order valence-corrected chi connectivity index (χ3v) is 9.62. The number of aliphatic hydroxyl groups excluding tert-OH is 1. The van der Waals surface area contributed by atoms with Gasteiger partial charge in [-0.15, -0.1) is 0 Å². The molecule has 0 spiro atoms. The Bertz CT molecular complexity index is 941. The van der Waals surface area contributed by atoms with Gasteiger partial charge in [0.25, 0.3) is 0 Å². The normalized spacial score (nSPS) is 44.5. The van der Waals surface area contributed by atoms with Crippen LogP contribution in [-0.2, 0) is 11.8 Å².